The van der Waals surface area contributed by atoms with Crippen LogP contribution < -0.4 is 0 Å². The smallest absolute Gasteiger partial charge is 0.186 e. The van der Waals surface area contributed by atoms with Gasteiger partial charge in [-0.15, -0.1) is 12.4 Å². The van der Waals surface area contributed by atoms with Crippen molar-refractivity contribution in [3.8, 4) is 0 Å². The maximum absolute atomic E-state index is 12.7. The second kappa shape index (κ2) is 9.25. The van der Waals surface area contributed by atoms with Crippen molar-refractivity contribution in [3.05, 3.63) is 111 Å². The van der Waals surface area contributed by atoms with Gasteiger partial charge in [-0.1, -0.05) is 59.1 Å². The van der Waals surface area contributed by atoms with Crippen LogP contribution in [0.5, 0.6) is 0 Å². The highest BCUT2D eigenvalue weighted by molar-refractivity contribution is 6.31. The number of carbonyl (C=O) groups is 1. The molecule has 0 saturated carbocycles. The summed E-state index contributed by atoms with van der Waals surface area (Å²) in [6, 6.07) is 21.6. The standard InChI is InChI=1S/C21H13Cl3O.ClH/c22-17-7-1-14(2-8-17)20(15-3-9-18(23)10-4-15)13-21(25)16-5-11-19(24)12-6-16;/h1-13H;1H. The monoisotopic (exact) mass is 422 g/mol. The van der Waals surface area contributed by atoms with E-state index in [2.05, 4.69) is 0 Å². The molecule has 0 radical (unpaired) electrons. The molecule has 0 amide bonds. The van der Waals surface area contributed by atoms with Crippen molar-refractivity contribution in [2.24, 2.45) is 0 Å². The predicted molar refractivity (Wildman–Crippen MR) is 113 cm³/mol. The lowest BCUT2D eigenvalue weighted by atomic mass is 9.95. The van der Waals surface area contributed by atoms with E-state index in [1.165, 1.54) is 0 Å². The Bertz CT molecular complexity index is 864. The maximum Gasteiger partial charge on any atom is 0.186 e. The van der Waals surface area contributed by atoms with Crippen LogP contribution in [0, 0.1) is 0 Å². The van der Waals surface area contributed by atoms with Crippen molar-refractivity contribution in [3.63, 3.8) is 0 Å². The summed E-state index contributed by atoms with van der Waals surface area (Å²) in [7, 11) is 0. The topological polar surface area (TPSA) is 17.1 Å². The van der Waals surface area contributed by atoms with Crippen molar-refractivity contribution < 1.29 is 4.79 Å². The van der Waals surface area contributed by atoms with E-state index in [4.69, 9.17) is 34.8 Å². The molecule has 1 nitrogen and oxygen atoms in total. The van der Waals surface area contributed by atoms with Crippen LogP contribution in [0.15, 0.2) is 78.9 Å². The van der Waals surface area contributed by atoms with Crippen molar-refractivity contribution in [2.75, 3.05) is 0 Å². The van der Waals surface area contributed by atoms with E-state index in [0.717, 1.165) is 16.7 Å². The van der Waals surface area contributed by atoms with E-state index in [1.54, 1.807) is 54.6 Å². The molecule has 5 heteroatoms. The molecule has 0 bridgehead atoms. The molecular formula is C21H14Cl4O. The Balaban J connectivity index is 0.00000243. The number of ketones is 1. The summed E-state index contributed by atoms with van der Waals surface area (Å²) < 4.78 is 0. The maximum atomic E-state index is 12.7. The van der Waals surface area contributed by atoms with Crippen LogP contribution in [-0.2, 0) is 0 Å². The van der Waals surface area contributed by atoms with E-state index in [-0.39, 0.29) is 18.2 Å². The highest BCUT2D eigenvalue weighted by Crippen LogP contribution is 2.27. The van der Waals surface area contributed by atoms with Crippen LogP contribution in [-0.4, -0.2) is 5.78 Å². The summed E-state index contributed by atoms with van der Waals surface area (Å²) >= 11 is 17.9. The number of benzene rings is 3. The normalized spacial score (nSPS) is 9.96. The van der Waals surface area contributed by atoms with E-state index < -0.39 is 0 Å². The number of hydrogen-bond acceptors (Lipinski definition) is 1. The fourth-order valence-electron chi connectivity index (χ4n) is 2.42. The Kier molecular flexibility index (Phi) is 7.31. The van der Waals surface area contributed by atoms with Gasteiger partial charge in [-0.3, -0.25) is 4.79 Å². The van der Waals surface area contributed by atoms with Gasteiger partial charge in [0.2, 0.25) is 0 Å². The lowest BCUT2D eigenvalue weighted by molar-refractivity contribution is 0.104. The van der Waals surface area contributed by atoms with Crippen molar-refractivity contribution in [2.45, 2.75) is 0 Å². The average molecular weight is 424 g/mol. The molecule has 0 unspecified atom stereocenters. The molecule has 0 heterocycles. The molecule has 3 rings (SSSR count). The molecule has 3 aromatic rings. The zero-order chi connectivity index (χ0) is 17.8. The molecule has 0 aromatic heterocycles. The van der Waals surface area contributed by atoms with Crippen LogP contribution in [0.3, 0.4) is 0 Å². The SMILES string of the molecule is Cl.O=C(C=C(c1ccc(Cl)cc1)c1ccc(Cl)cc1)c1ccc(Cl)cc1. The first-order valence-electron chi connectivity index (χ1n) is 7.56. The molecule has 0 N–H and O–H groups in total. The second-order valence-electron chi connectivity index (χ2n) is 5.44. The molecule has 0 aliphatic rings. The number of allylic oxidation sites excluding steroid dienone is 1. The second-order valence-corrected chi connectivity index (χ2v) is 6.75. The first-order valence-corrected chi connectivity index (χ1v) is 8.70. The van der Waals surface area contributed by atoms with Gasteiger partial charge < -0.3 is 0 Å². The number of carbonyl (C=O) groups excluding carboxylic acids is 1. The third kappa shape index (κ3) is 5.12. The molecule has 26 heavy (non-hydrogen) atoms. The molecular weight excluding hydrogens is 410 g/mol. The quantitative estimate of drug-likeness (QED) is 0.316. The Morgan fingerprint density at radius 1 is 0.577 bits per heavy atom. The summed E-state index contributed by atoms with van der Waals surface area (Å²) in [6.07, 6.45) is 1.62. The highest BCUT2D eigenvalue weighted by atomic mass is 35.5. The van der Waals surface area contributed by atoms with Gasteiger partial charge in [-0.25, -0.2) is 0 Å². The highest BCUT2D eigenvalue weighted by Gasteiger charge is 2.10. The van der Waals surface area contributed by atoms with Crippen molar-refractivity contribution in [1.29, 1.82) is 0 Å². The minimum atomic E-state index is -0.100. The Hall–Kier alpha value is -1.77. The predicted octanol–water partition coefficient (Wildman–Crippen LogP) is 7.38. The van der Waals surface area contributed by atoms with Crippen LogP contribution >= 0.6 is 47.2 Å². The molecule has 3 aromatic carbocycles. The lowest BCUT2D eigenvalue weighted by Crippen LogP contribution is -1.98. The summed E-state index contributed by atoms with van der Waals surface area (Å²) in [4.78, 5) is 12.7. The zero-order valence-electron chi connectivity index (χ0n) is 13.5. The number of halogens is 4. The Morgan fingerprint density at radius 2 is 0.885 bits per heavy atom. The first kappa shape index (κ1) is 20.5. The lowest BCUT2D eigenvalue weighted by Gasteiger charge is -2.09. The third-order valence-corrected chi connectivity index (χ3v) is 4.47. The van der Waals surface area contributed by atoms with Gasteiger partial charge >= 0.3 is 0 Å². The molecule has 0 aliphatic carbocycles. The molecule has 0 saturated heterocycles. The van der Waals surface area contributed by atoms with Gasteiger partial charge in [-0.2, -0.15) is 0 Å². The van der Waals surface area contributed by atoms with Gasteiger partial charge in [-0.05, 0) is 71.3 Å². The third-order valence-electron chi connectivity index (χ3n) is 3.71. The van der Waals surface area contributed by atoms with E-state index in [0.29, 0.717) is 20.6 Å². The van der Waals surface area contributed by atoms with E-state index >= 15 is 0 Å². The van der Waals surface area contributed by atoms with Crippen LogP contribution in [0.4, 0.5) is 0 Å². The zero-order valence-corrected chi connectivity index (χ0v) is 16.5. The summed E-state index contributed by atoms with van der Waals surface area (Å²) in [5.41, 5.74) is 3.17. The fraction of sp³-hybridized carbons (Fsp3) is 0. The van der Waals surface area contributed by atoms with Gasteiger partial charge in [0.15, 0.2) is 5.78 Å². The summed E-state index contributed by atoms with van der Waals surface area (Å²) in [5, 5.41) is 1.88. The molecule has 132 valence electrons. The first-order chi connectivity index (χ1) is 12.0. The van der Waals surface area contributed by atoms with Gasteiger partial charge in [0, 0.05) is 20.6 Å². The van der Waals surface area contributed by atoms with Crippen molar-refractivity contribution >= 4 is 58.6 Å². The van der Waals surface area contributed by atoms with Crippen LogP contribution in [0.1, 0.15) is 21.5 Å². The van der Waals surface area contributed by atoms with Gasteiger partial charge in [0.25, 0.3) is 0 Å². The van der Waals surface area contributed by atoms with Crippen LogP contribution in [0.2, 0.25) is 15.1 Å². The molecule has 0 spiro atoms. The fourth-order valence-corrected chi connectivity index (χ4v) is 2.80. The van der Waals surface area contributed by atoms with Gasteiger partial charge in [0.1, 0.15) is 0 Å². The number of hydrogen-bond donors (Lipinski definition) is 0. The van der Waals surface area contributed by atoms with E-state index in [1.807, 2.05) is 24.3 Å². The number of rotatable bonds is 4. The minimum Gasteiger partial charge on any atom is -0.289 e. The molecule has 0 aliphatic heterocycles. The largest absolute Gasteiger partial charge is 0.289 e. The molecule has 0 atom stereocenters. The Morgan fingerprint density at radius 3 is 1.23 bits per heavy atom. The van der Waals surface area contributed by atoms with Gasteiger partial charge in [0.05, 0.1) is 0 Å². The van der Waals surface area contributed by atoms with Crippen LogP contribution in [0.25, 0.3) is 5.57 Å². The Labute approximate surface area is 173 Å². The summed E-state index contributed by atoms with van der Waals surface area (Å²) in [6.45, 7) is 0. The van der Waals surface area contributed by atoms with Crippen molar-refractivity contribution in [1.82, 2.24) is 0 Å². The summed E-state index contributed by atoms with van der Waals surface area (Å²) in [5.74, 6) is -0.100. The average Bonchev–Trinajstić information content (AvgIpc) is 2.62. The van der Waals surface area contributed by atoms with E-state index in [9.17, 15) is 4.79 Å². The minimum absolute atomic E-state index is 0. The molecule has 0 fully saturated rings.